The molecule has 8 heteroatoms. The highest BCUT2D eigenvalue weighted by atomic mass is 16.4. The smallest absolute Gasteiger partial charge is 0.287 e. The molecule has 0 aliphatic heterocycles. The number of hydrogen-bond donors (Lipinski definition) is 1. The predicted molar refractivity (Wildman–Crippen MR) is 118 cm³/mol. The van der Waals surface area contributed by atoms with E-state index in [2.05, 4.69) is 25.5 Å². The summed E-state index contributed by atoms with van der Waals surface area (Å²) in [4.78, 5) is 21.2. The van der Waals surface area contributed by atoms with Crippen molar-refractivity contribution in [3.63, 3.8) is 0 Å². The molecule has 1 saturated carbocycles. The molecule has 1 aromatic carbocycles. The number of amides is 1. The Morgan fingerprint density at radius 3 is 2.59 bits per heavy atom. The van der Waals surface area contributed by atoms with Crippen molar-refractivity contribution < 1.29 is 13.6 Å². The van der Waals surface area contributed by atoms with Crippen LogP contribution in [0.2, 0.25) is 0 Å². The quantitative estimate of drug-likeness (QED) is 0.492. The zero-order valence-corrected chi connectivity index (χ0v) is 18.2. The van der Waals surface area contributed by atoms with E-state index in [9.17, 15) is 4.79 Å². The fraction of sp³-hybridized carbons (Fsp3) is 0.375. The molecule has 32 heavy (non-hydrogen) atoms. The molecule has 3 heterocycles. The number of fused-ring (bicyclic) bond motifs is 1. The number of rotatable bonds is 5. The maximum Gasteiger partial charge on any atom is 0.287 e. The SMILES string of the molecule is Cc1cnc(-c2nnc(C3CCC(CNC(=O)c4oc5ccccc5c4C)CC3)o2)cn1. The third-order valence-corrected chi connectivity index (χ3v) is 6.24. The largest absolute Gasteiger partial charge is 0.451 e. The summed E-state index contributed by atoms with van der Waals surface area (Å²) in [6.07, 6.45) is 7.22. The standard InChI is InChI=1S/C24H25N5O3/c1-14-11-26-19(13-25-14)24-29-28-23(32-24)17-9-7-16(8-10-17)12-27-22(30)21-15(2)18-5-3-4-6-20(18)31-21/h3-6,11,13,16-17H,7-10,12H2,1-2H3,(H,27,30). The Balaban J connectivity index is 1.15. The lowest BCUT2D eigenvalue weighted by Crippen LogP contribution is -2.31. The lowest BCUT2D eigenvalue weighted by Gasteiger charge is -2.26. The van der Waals surface area contributed by atoms with Crippen molar-refractivity contribution in [2.75, 3.05) is 6.54 Å². The molecule has 1 amide bonds. The molecule has 1 fully saturated rings. The third-order valence-electron chi connectivity index (χ3n) is 6.24. The van der Waals surface area contributed by atoms with Crippen molar-refractivity contribution in [2.24, 2.45) is 5.92 Å². The molecule has 0 bridgehead atoms. The monoisotopic (exact) mass is 431 g/mol. The Morgan fingerprint density at radius 1 is 1.03 bits per heavy atom. The number of benzene rings is 1. The number of nitrogens with one attached hydrogen (secondary N) is 1. The summed E-state index contributed by atoms with van der Waals surface area (Å²) in [5, 5.41) is 12.4. The molecule has 5 rings (SSSR count). The Kier molecular flexibility index (Phi) is 5.43. The second-order valence-corrected chi connectivity index (χ2v) is 8.47. The van der Waals surface area contributed by atoms with Gasteiger partial charge in [-0.3, -0.25) is 9.78 Å². The topological polar surface area (TPSA) is 107 Å². The van der Waals surface area contributed by atoms with Gasteiger partial charge in [-0.05, 0) is 51.5 Å². The lowest BCUT2D eigenvalue weighted by molar-refractivity contribution is 0.0916. The molecule has 3 aromatic heterocycles. The minimum Gasteiger partial charge on any atom is -0.451 e. The minimum atomic E-state index is -0.151. The molecule has 1 N–H and O–H groups in total. The van der Waals surface area contributed by atoms with Crippen LogP contribution in [0.3, 0.4) is 0 Å². The van der Waals surface area contributed by atoms with Gasteiger partial charge < -0.3 is 14.2 Å². The van der Waals surface area contributed by atoms with Gasteiger partial charge >= 0.3 is 0 Å². The molecule has 0 atom stereocenters. The fourth-order valence-electron chi connectivity index (χ4n) is 4.33. The van der Waals surface area contributed by atoms with Crippen molar-refractivity contribution in [1.29, 1.82) is 0 Å². The number of furan rings is 1. The van der Waals surface area contributed by atoms with Gasteiger partial charge in [0, 0.05) is 29.6 Å². The van der Waals surface area contributed by atoms with Crippen molar-refractivity contribution >= 4 is 16.9 Å². The first-order valence-corrected chi connectivity index (χ1v) is 11.0. The molecule has 1 aliphatic carbocycles. The van der Waals surface area contributed by atoms with E-state index in [1.54, 1.807) is 12.4 Å². The molecule has 0 saturated heterocycles. The van der Waals surface area contributed by atoms with Gasteiger partial charge in [0.25, 0.3) is 11.8 Å². The maximum absolute atomic E-state index is 12.7. The van der Waals surface area contributed by atoms with Gasteiger partial charge in [0.1, 0.15) is 11.3 Å². The number of aryl methyl sites for hydroxylation is 2. The highest BCUT2D eigenvalue weighted by Gasteiger charge is 2.27. The number of aromatic nitrogens is 4. The molecule has 164 valence electrons. The Labute approximate surface area is 185 Å². The van der Waals surface area contributed by atoms with Gasteiger partial charge in [0.05, 0.1) is 11.9 Å². The van der Waals surface area contributed by atoms with Gasteiger partial charge in [0.15, 0.2) is 5.76 Å². The first-order valence-electron chi connectivity index (χ1n) is 11.0. The van der Waals surface area contributed by atoms with E-state index >= 15 is 0 Å². The molecule has 0 unspecified atom stereocenters. The normalized spacial score (nSPS) is 18.7. The summed E-state index contributed by atoms with van der Waals surface area (Å²) in [7, 11) is 0. The Hall–Kier alpha value is -3.55. The molecular weight excluding hydrogens is 406 g/mol. The maximum atomic E-state index is 12.7. The average molecular weight is 431 g/mol. The first kappa shape index (κ1) is 20.4. The second kappa shape index (κ2) is 8.53. The average Bonchev–Trinajstić information content (AvgIpc) is 3.44. The van der Waals surface area contributed by atoms with Crippen molar-refractivity contribution in [3.8, 4) is 11.6 Å². The van der Waals surface area contributed by atoms with Crippen LogP contribution >= 0.6 is 0 Å². The Bertz CT molecular complexity index is 1240. The van der Waals surface area contributed by atoms with Crippen molar-refractivity contribution in [2.45, 2.75) is 45.4 Å². The number of hydrogen-bond acceptors (Lipinski definition) is 7. The summed E-state index contributed by atoms with van der Waals surface area (Å²) in [5.74, 6) is 1.97. The van der Waals surface area contributed by atoms with Crippen LogP contribution < -0.4 is 5.32 Å². The van der Waals surface area contributed by atoms with Crippen molar-refractivity contribution in [3.05, 3.63) is 59.6 Å². The van der Waals surface area contributed by atoms with Crippen molar-refractivity contribution in [1.82, 2.24) is 25.5 Å². The molecule has 8 nitrogen and oxygen atoms in total. The van der Waals surface area contributed by atoms with E-state index in [4.69, 9.17) is 8.83 Å². The predicted octanol–water partition coefficient (Wildman–Crippen LogP) is 4.59. The number of carbonyl (C=O) groups is 1. The molecule has 4 aromatic rings. The van der Waals surface area contributed by atoms with E-state index in [0.29, 0.717) is 35.7 Å². The first-order chi connectivity index (χ1) is 15.6. The minimum absolute atomic E-state index is 0.151. The summed E-state index contributed by atoms with van der Waals surface area (Å²) >= 11 is 0. The van der Waals surface area contributed by atoms with Crippen LogP contribution in [0.4, 0.5) is 0 Å². The van der Waals surface area contributed by atoms with Gasteiger partial charge in [-0.15, -0.1) is 10.2 Å². The number of nitrogens with zero attached hydrogens (tertiary/aromatic N) is 4. The van der Waals surface area contributed by atoms with E-state index in [-0.39, 0.29) is 11.8 Å². The number of para-hydroxylation sites is 1. The third kappa shape index (κ3) is 4.00. The van der Waals surface area contributed by atoms with Gasteiger partial charge in [-0.25, -0.2) is 4.98 Å². The summed E-state index contributed by atoms with van der Waals surface area (Å²) in [5.41, 5.74) is 3.06. The van der Waals surface area contributed by atoms with Gasteiger partial charge in [-0.2, -0.15) is 0 Å². The zero-order valence-electron chi connectivity index (χ0n) is 18.2. The summed E-state index contributed by atoms with van der Waals surface area (Å²) in [6.45, 7) is 4.44. The van der Waals surface area contributed by atoms with Crippen LogP contribution in [-0.4, -0.2) is 32.6 Å². The van der Waals surface area contributed by atoms with Crippen LogP contribution in [0.5, 0.6) is 0 Å². The van der Waals surface area contributed by atoms with Gasteiger partial charge in [0.2, 0.25) is 5.89 Å². The highest BCUT2D eigenvalue weighted by Crippen LogP contribution is 2.35. The molecule has 1 aliphatic rings. The zero-order chi connectivity index (χ0) is 22.1. The van der Waals surface area contributed by atoms with Crippen LogP contribution in [-0.2, 0) is 0 Å². The lowest BCUT2D eigenvalue weighted by atomic mass is 9.82. The number of carbonyl (C=O) groups excluding carboxylic acids is 1. The van der Waals surface area contributed by atoms with Crippen LogP contribution in [0.25, 0.3) is 22.6 Å². The van der Waals surface area contributed by atoms with E-state index < -0.39 is 0 Å². The van der Waals surface area contributed by atoms with E-state index in [1.807, 2.05) is 38.1 Å². The van der Waals surface area contributed by atoms with Crippen LogP contribution in [0.15, 0.2) is 45.5 Å². The second-order valence-electron chi connectivity index (χ2n) is 8.47. The van der Waals surface area contributed by atoms with Gasteiger partial charge in [-0.1, -0.05) is 18.2 Å². The fourth-order valence-corrected chi connectivity index (χ4v) is 4.33. The molecule has 0 radical (unpaired) electrons. The summed E-state index contributed by atoms with van der Waals surface area (Å²) in [6, 6.07) is 7.72. The van der Waals surface area contributed by atoms with Crippen LogP contribution in [0.1, 0.15) is 59.3 Å². The summed E-state index contributed by atoms with van der Waals surface area (Å²) < 4.78 is 11.6. The molecular formula is C24H25N5O3. The highest BCUT2D eigenvalue weighted by molar-refractivity contribution is 5.98. The van der Waals surface area contributed by atoms with E-state index in [1.165, 1.54) is 0 Å². The Morgan fingerprint density at radius 2 is 1.84 bits per heavy atom. The van der Waals surface area contributed by atoms with E-state index in [0.717, 1.165) is 47.9 Å². The van der Waals surface area contributed by atoms with Crippen LogP contribution in [0, 0.1) is 19.8 Å². The molecule has 0 spiro atoms.